The van der Waals surface area contributed by atoms with Crippen LogP contribution in [0.25, 0.3) is 5.69 Å². The van der Waals surface area contributed by atoms with Crippen LogP contribution in [0.1, 0.15) is 35.9 Å². The van der Waals surface area contributed by atoms with E-state index in [0.717, 1.165) is 34.9 Å². The van der Waals surface area contributed by atoms with E-state index in [0.29, 0.717) is 0 Å². The number of halogens is 1. The molecule has 0 saturated carbocycles. The summed E-state index contributed by atoms with van der Waals surface area (Å²) in [6.45, 7) is 8.25. The number of hydrogen-bond donors (Lipinski definition) is 1. The highest BCUT2D eigenvalue weighted by molar-refractivity contribution is 6.32. The van der Waals surface area contributed by atoms with Gasteiger partial charge in [-0.25, -0.2) is 4.68 Å². The van der Waals surface area contributed by atoms with Crippen molar-refractivity contribution in [3.8, 4) is 5.69 Å². The van der Waals surface area contributed by atoms with Crippen molar-refractivity contribution in [2.45, 2.75) is 46.6 Å². The summed E-state index contributed by atoms with van der Waals surface area (Å²) in [6.07, 6.45) is 1.82. The van der Waals surface area contributed by atoms with E-state index in [1.165, 1.54) is 11.1 Å². The zero-order valence-corrected chi connectivity index (χ0v) is 13.3. The normalized spacial score (nSPS) is 12.7. The standard InChI is InChI=1S/C16H22ClN3/c1-5-14(18)8-13-6-7-16(15(17)9-13)20-12(4)10(2)11(3)19-20/h6-7,9,14H,5,8,18H2,1-4H3. The van der Waals surface area contributed by atoms with Crippen molar-refractivity contribution in [2.24, 2.45) is 5.73 Å². The molecule has 0 aliphatic carbocycles. The molecule has 2 rings (SSSR count). The number of nitrogens with two attached hydrogens (primary N) is 1. The van der Waals surface area contributed by atoms with Gasteiger partial charge in [0.05, 0.1) is 16.4 Å². The molecular weight excluding hydrogens is 270 g/mol. The molecule has 0 spiro atoms. The Kier molecular flexibility index (Phi) is 4.51. The number of aromatic nitrogens is 2. The highest BCUT2D eigenvalue weighted by Crippen LogP contribution is 2.25. The van der Waals surface area contributed by atoms with Crippen molar-refractivity contribution >= 4 is 11.6 Å². The van der Waals surface area contributed by atoms with Gasteiger partial charge in [0.25, 0.3) is 0 Å². The molecule has 2 N–H and O–H groups in total. The van der Waals surface area contributed by atoms with Crippen molar-refractivity contribution < 1.29 is 0 Å². The number of nitrogens with zero attached hydrogens (tertiary/aromatic N) is 2. The van der Waals surface area contributed by atoms with E-state index in [9.17, 15) is 0 Å². The van der Waals surface area contributed by atoms with Gasteiger partial charge in [-0.3, -0.25) is 0 Å². The number of hydrogen-bond acceptors (Lipinski definition) is 2. The molecule has 1 aromatic carbocycles. The van der Waals surface area contributed by atoms with Crippen LogP contribution in [0.2, 0.25) is 5.02 Å². The molecule has 3 nitrogen and oxygen atoms in total. The molecule has 0 aliphatic heterocycles. The van der Waals surface area contributed by atoms with Crippen molar-refractivity contribution in [3.63, 3.8) is 0 Å². The van der Waals surface area contributed by atoms with E-state index in [1.54, 1.807) is 0 Å². The first-order valence-electron chi connectivity index (χ1n) is 7.01. The minimum atomic E-state index is 0.188. The molecule has 1 heterocycles. The fourth-order valence-corrected chi connectivity index (χ4v) is 2.53. The first-order valence-corrected chi connectivity index (χ1v) is 7.39. The highest BCUT2D eigenvalue weighted by Gasteiger charge is 2.12. The molecule has 0 bridgehead atoms. The zero-order valence-electron chi connectivity index (χ0n) is 12.6. The predicted octanol–water partition coefficient (Wildman–Crippen LogP) is 3.73. The maximum atomic E-state index is 6.42. The van der Waals surface area contributed by atoms with Crippen LogP contribution in [-0.4, -0.2) is 15.8 Å². The lowest BCUT2D eigenvalue weighted by Crippen LogP contribution is -2.21. The van der Waals surface area contributed by atoms with Gasteiger partial charge in [-0.2, -0.15) is 5.10 Å². The van der Waals surface area contributed by atoms with Crippen LogP contribution in [-0.2, 0) is 6.42 Å². The van der Waals surface area contributed by atoms with E-state index in [2.05, 4.69) is 31.9 Å². The molecular formula is C16H22ClN3. The minimum absolute atomic E-state index is 0.188. The van der Waals surface area contributed by atoms with Crippen LogP contribution >= 0.6 is 11.6 Å². The summed E-state index contributed by atoms with van der Waals surface area (Å²) < 4.78 is 1.91. The quantitative estimate of drug-likeness (QED) is 0.933. The second-order valence-corrected chi connectivity index (χ2v) is 5.77. The third-order valence-corrected chi connectivity index (χ3v) is 4.22. The molecule has 2 aromatic rings. The molecule has 0 amide bonds. The lowest BCUT2D eigenvalue weighted by Gasteiger charge is -2.12. The van der Waals surface area contributed by atoms with Crippen LogP contribution < -0.4 is 5.73 Å². The van der Waals surface area contributed by atoms with Crippen LogP contribution in [0.5, 0.6) is 0 Å². The van der Waals surface area contributed by atoms with Crippen LogP contribution in [0.3, 0.4) is 0 Å². The van der Waals surface area contributed by atoms with E-state index in [-0.39, 0.29) is 6.04 Å². The summed E-state index contributed by atoms with van der Waals surface area (Å²) in [6, 6.07) is 6.30. The summed E-state index contributed by atoms with van der Waals surface area (Å²) in [5, 5.41) is 5.27. The maximum absolute atomic E-state index is 6.42. The Morgan fingerprint density at radius 3 is 2.50 bits per heavy atom. The number of benzene rings is 1. The van der Waals surface area contributed by atoms with E-state index < -0.39 is 0 Å². The third kappa shape index (κ3) is 2.89. The highest BCUT2D eigenvalue weighted by atomic mass is 35.5. The third-order valence-electron chi connectivity index (χ3n) is 3.92. The molecule has 0 radical (unpaired) electrons. The smallest absolute Gasteiger partial charge is 0.0835 e. The van der Waals surface area contributed by atoms with Crippen LogP contribution in [0, 0.1) is 20.8 Å². The first kappa shape index (κ1) is 15.1. The van der Waals surface area contributed by atoms with Gasteiger partial charge in [0, 0.05) is 11.7 Å². The topological polar surface area (TPSA) is 43.8 Å². The van der Waals surface area contributed by atoms with Gasteiger partial charge >= 0.3 is 0 Å². The summed E-state index contributed by atoms with van der Waals surface area (Å²) in [5.74, 6) is 0. The number of aryl methyl sites for hydroxylation is 1. The lowest BCUT2D eigenvalue weighted by molar-refractivity contribution is 0.646. The predicted molar refractivity (Wildman–Crippen MR) is 84.8 cm³/mol. The molecule has 0 fully saturated rings. The summed E-state index contributed by atoms with van der Waals surface area (Å²) >= 11 is 6.42. The summed E-state index contributed by atoms with van der Waals surface area (Å²) in [7, 11) is 0. The Morgan fingerprint density at radius 1 is 1.30 bits per heavy atom. The molecule has 1 aromatic heterocycles. The van der Waals surface area contributed by atoms with Crippen LogP contribution in [0.4, 0.5) is 0 Å². The van der Waals surface area contributed by atoms with E-state index in [4.69, 9.17) is 17.3 Å². The van der Waals surface area contributed by atoms with Gasteiger partial charge in [-0.15, -0.1) is 0 Å². The second-order valence-electron chi connectivity index (χ2n) is 5.37. The summed E-state index contributed by atoms with van der Waals surface area (Å²) in [4.78, 5) is 0. The molecule has 0 aliphatic rings. The van der Waals surface area contributed by atoms with Crippen LogP contribution in [0.15, 0.2) is 18.2 Å². The van der Waals surface area contributed by atoms with Gasteiger partial charge in [0.15, 0.2) is 0 Å². The van der Waals surface area contributed by atoms with E-state index >= 15 is 0 Å². The zero-order chi connectivity index (χ0) is 14.9. The van der Waals surface area contributed by atoms with Gasteiger partial charge < -0.3 is 5.73 Å². The average molecular weight is 292 g/mol. The van der Waals surface area contributed by atoms with Gasteiger partial charge in [0.2, 0.25) is 0 Å². The Balaban J connectivity index is 2.36. The van der Waals surface area contributed by atoms with E-state index in [1.807, 2.05) is 23.7 Å². The Hall–Kier alpha value is -1.32. The monoisotopic (exact) mass is 291 g/mol. The van der Waals surface area contributed by atoms with Gasteiger partial charge in [-0.1, -0.05) is 24.6 Å². The largest absolute Gasteiger partial charge is 0.327 e. The molecule has 1 atom stereocenters. The maximum Gasteiger partial charge on any atom is 0.0835 e. The Morgan fingerprint density at radius 2 is 2.00 bits per heavy atom. The van der Waals surface area contributed by atoms with Crippen molar-refractivity contribution in [1.82, 2.24) is 9.78 Å². The fourth-order valence-electron chi connectivity index (χ4n) is 2.25. The minimum Gasteiger partial charge on any atom is -0.327 e. The molecule has 0 saturated heterocycles. The van der Waals surface area contributed by atoms with Gasteiger partial charge in [-0.05, 0) is 56.9 Å². The Bertz CT molecular complexity index is 616. The van der Waals surface area contributed by atoms with Gasteiger partial charge in [0.1, 0.15) is 0 Å². The van der Waals surface area contributed by atoms with Crippen molar-refractivity contribution in [3.05, 3.63) is 45.7 Å². The Labute approximate surface area is 125 Å². The van der Waals surface area contributed by atoms with Crippen molar-refractivity contribution in [2.75, 3.05) is 0 Å². The summed E-state index contributed by atoms with van der Waals surface area (Å²) in [5.41, 5.74) is 11.5. The molecule has 4 heteroatoms. The fraction of sp³-hybridized carbons (Fsp3) is 0.438. The van der Waals surface area contributed by atoms with Crippen molar-refractivity contribution in [1.29, 1.82) is 0 Å². The first-order chi connectivity index (χ1) is 9.43. The molecule has 1 unspecified atom stereocenters. The lowest BCUT2D eigenvalue weighted by atomic mass is 10.0. The number of rotatable bonds is 4. The molecule has 108 valence electrons. The SMILES string of the molecule is CCC(N)Cc1ccc(-n2nc(C)c(C)c2C)c(Cl)c1. The molecule has 20 heavy (non-hydrogen) atoms. The second kappa shape index (κ2) is 5.98. The average Bonchev–Trinajstić information content (AvgIpc) is 2.66.